The van der Waals surface area contributed by atoms with Crippen molar-refractivity contribution in [2.75, 3.05) is 13.7 Å². The first kappa shape index (κ1) is 22.6. The van der Waals surface area contributed by atoms with Crippen LogP contribution in [0.5, 0.6) is 0 Å². The van der Waals surface area contributed by atoms with Gasteiger partial charge in [-0.2, -0.15) is 0 Å². The van der Waals surface area contributed by atoms with Gasteiger partial charge in [-0.25, -0.2) is 9.79 Å². The number of aliphatic imine (C=N–C) groups is 1. The van der Waals surface area contributed by atoms with E-state index in [9.17, 15) is 9.59 Å². The Morgan fingerprint density at radius 1 is 1.12 bits per heavy atom. The molecule has 6 nitrogen and oxygen atoms in total. The van der Waals surface area contributed by atoms with Gasteiger partial charge in [-0.1, -0.05) is 18.2 Å². The molecule has 1 aliphatic rings. The number of likely N-dealkylation sites (N-methyl/N-ethyl adjacent to an activating group) is 1. The standard InChI is InChI=1S/C26H24N2O4S/c1-5-31-25(30)19-8-6-7-18(14-19)22-12-11-21(32-22)15-23-24(29)28(4)26(33-23)27-20-10-9-16(2)17(3)13-20/h6-15H,5H2,1-4H3. The second-order valence-electron chi connectivity index (χ2n) is 7.64. The highest BCUT2D eigenvalue weighted by atomic mass is 32.2. The number of benzene rings is 2. The van der Waals surface area contributed by atoms with Gasteiger partial charge < -0.3 is 9.15 Å². The molecule has 0 spiro atoms. The summed E-state index contributed by atoms with van der Waals surface area (Å²) in [6.07, 6.45) is 1.71. The molecule has 4 rings (SSSR count). The molecule has 1 fully saturated rings. The third-order valence-electron chi connectivity index (χ3n) is 5.28. The van der Waals surface area contributed by atoms with E-state index in [2.05, 4.69) is 11.9 Å². The van der Waals surface area contributed by atoms with Crippen LogP contribution in [-0.2, 0) is 9.53 Å². The predicted octanol–water partition coefficient (Wildman–Crippen LogP) is 5.97. The molecule has 2 aromatic carbocycles. The molecule has 0 unspecified atom stereocenters. The lowest BCUT2D eigenvalue weighted by Gasteiger charge is -2.08. The lowest BCUT2D eigenvalue weighted by Crippen LogP contribution is -2.23. The molecule has 0 aliphatic carbocycles. The summed E-state index contributed by atoms with van der Waals surface area (Å²) in [6, 6.07) is 16.7. The van der Waals surface area contributed by atoms with Gasteiger partial charge in [0.25, 0.3) is 5.91 Å². The van der Waals surface area contributed by atoms with Gasteiger partial charge in [0.05, 0.1) is 22.8 Å². The molecule has 3 aromatic rings. The fraction of sp³-hybridized carbons (Fsp3) is 0.192. The number of ether oxygens (including phenoxy) is 1. The van der Waals surface area contributed by atoms with E-state index in [0.717, 1.165) is 16.8 Å². The van der Waals surface area contributed by atoms with Crippen molar-refractivity contribution < 1.29 is 18.7 Å². The predicted molar refractivity (Wildman–Crippen MR) is 131 cm³/mol. The molecule has 7 heteroatoms. The normalized spacial score (nSPS) is 16.1. The van der Waals surface area contributed by atoms with E-state index in [4.69, 9.17) is 9.15 Å². The zero-order valence-electron chi connectivity index (χ0n) is 18.9. The van der Waals surface area contributed by atoms with Crippen molar-refractivity contribution in [2.45, 2.75) is 20.8 Å². The molecule has 33 heavy (non-hydrogen) atoms. The number of carbonyl (C=O) groups is 2. The van der Waals surface area contributed by atoms with E-state index in [1.807, 2.05) is 37.3 Å². The van der Waals surface area contributed by atoms with Gasteiger partial charge in [0.2, 0.25) is 0 Å². The van der Waals surface area contributed by atoms with Crippen LogP contribution in [0.4, 0.5) is 5.69 Å². The Hall–Kier alpha value is -3.58. The molecule has 2 heterocycles. The van der Waals surface area contributed by atoms with E-state index in [1.54, 1.807) is 49.2 Å². The Morgan fingerprint density at radius 3 is 2.70 bits per heavy atom. The first-order valence-electron chi connectivity index (χ1n) is 10.6. The number of aryl methyl sites for hydroxylation is 2. The number of amidine groups is 1. The first-order valence-corrected chi connectivity index (χ1v) is 11.4. The van der Waals surface area contributed by atoms with Crippen molar-refractivity contribution >= 4 is 40.6 Å². The molecular formula is C26H24N2O4S. The van der Waals surface area contributed by atoms with E-state index in [-0.39, 0.29) is 11.9 Å². The van der Waals surface area contributed by atoms with Gasteiger partial charge >= 0.3 is 5.97 Å². The van der Waals surface area contributed by atoms with Gasteiger partial charge in [0.1, 0.15) is 11.5 Å². The third-order valence-corrected chi connectivity index (χ3v) is 6.34. The van der Waals surface area contributed by atoms with Crippen molar-refractivity contribution in [3.05, 3.63) is 82.0 Å². The molecule has 0 atom stereocenters. The SMILES string of the molecule is CCOC(=O)c1cccc(-c2ccc(C=C3SC(=Nc4ccc(C)c(C)c4)N(C)C3=O)o2)c1. The minimum Gasteiger partial charge on any atom is -0.462 e. The molecule has 1 aliphatic heterocycles. The fourth-order valence-corrected chi connectivity index (χ4v) is 4.25. The molecule has 0 N–H and O–H groups in total. The number of furan rings is 1. The highest BCUT2D eigenvalue weighted by Gasteiger charge is 2.30. The Kier molecular flexibility index (Phi) is 6.51. The van der Waals surface area contributed by atoms with Gasteiger partial charge in [-0.05, 0) is 80.1 Å². The maximum atomic E-state index is 12.8. The molecule has 168 valence electrons. The molecule has 0 radical (unpaired) electrons. The van der Waals surface area contributed by atoms with Crippen molar-refractivity contribution in [3.63, 3.8) is 0 Å². The fourth-order valence-electron chi connectivity index (χ4n) is 3.29. The quantitative estimate of drug-likeness (QED) is 0.346. The summed E-state index contributed by atoms with van der Waals surface area (Å²) in [4.78, 5) is 31.5. The average Bonchev–Trinajstić information content (AvgIpc) is 3.37. The van der Waals surface area contributed by atoms with Crippen LogP contribution in [0.25, 0.3) is 17.4 Å². The van der Waals surface area contributed by atoms with Crippen LogP contribution in [0.1, 0.15) is 34.2 Å². The molecule has 1 amide bonds. The average molecular weight is 461 g/mol. The Morgan fingerprint density at radius 2 is 1.94 bits per heavy atom. The number of hydrogen-bond donors (Lipinski definition) is 0. The summed E-state index contributed by atoms with van der Waals surface area (Å²) in [5, 5.41) is 0.614. The third kappa shape index (κ3) is 4.93. The molecule has 0 bridgehead atoms. The summed E-state index contributed by atoms with van der Waals surface area (Å²) >= 11 is 1.31. The second-order valence-corrected chi connectivity index (χ2v) is 8.65. The molecule has 0 saturated carbocycles. The van der Waals surface area contributed by atoms with Crippen LogP contribution in [0.3, 0.4) is 0 Å². The summed E-state index contributed by atoms with van der Waals surface area (Å²) in [6.45, 7) is 6.18. The number of nitrogens with zero attached hydrogens (tertiary/aromatic N) is 2. The number of esters is 1. The van der Waals surface area contributed by atoms with Crippen molar-refractivity contribution in [1.82, 2.24) is 4.90 Å². The Labute approximate surface area is 197 Å². The highest BCUT2D eigenvalue weighted by Crippen LogP contribution is 2.34. The number of rotatable bonds is 5. The molecule has 1 aromatic heterocycles. The maximum Gasteiger partial charge on any atom is 0.338 e. The lowest BCUT2D eigenvalue weighted by molar-refractivity contribution is -0.121. The highest BCUT2D eigenvalue weighted by molar-refractivity contribution is 8.18. The lowest BCUT2D eigenvalue weighted by atomic mass is 10.1. The minimum absolute atomic E-state index is 0.134. The van der Waals surface area contributed by atoms with Gasteiger partial charge in [-0.3, -0.25) is 9.69 Å². The minimum atomic E-state index is -0.375. The second kappa shape index (κ2) is 9.50. The summed E-state index contributed by atoms with van der Waals surface area (Å²) in [5.74, 6) is 0.633. The topological polar surface area (TPSA) is 72.1 Å². The van der Waals surface area contributed by atoms with Crippen LogP contribution < -0.4 is 0 Å². The van der Waals surface area contributed by atoms with Crippen molar-refractivity contribution in [1.29, 1.82) is 0 Å². The molecule has 1 saturated heterocycles. The van der Waals surface area contributed by atoms with E-state index >= 15 is 0 Å². The zero-order valence-corrected chi connectivity index (χ0v) is 19.7. The zero-order chi connectivity index (χ0) is 23.5. The first-order chi connectivity index (χ1) is 15.9. The number of carbonyl (C=O) groups excluding carboxylic acids is 2. The smallest absolute Gasteiger partial charge is 0.338 e. The Bertz CT molecular complexity index is 1290. The van der Waals surface area contributed by atoms with Crippen molar-refractivity contribution in [3.8, 4) is 11.3 Å². The summed E-state index contributed by atoms with van der Waals surface area (Å²) in [5.41, 5.74) is 4.37. The van der Waals surface area contributed by atoms with Crippen LogP contribution in [-0.4, -0.2) is 35.6 Å². The largest absolute Gasteiger partial charge is 0.462 e. The van der Waals surface area contributed by atoms with Crippen LogP contribution in [0.15, 0.2) is 68.9 Å². The monoisotopic (exact) mass is 460 g/mol. The van der Waals surface area contributed by atoms with Gasteiger partial charge in [0, 0.05) is 18.7 Å². The number of thioether (sulfide) groups is 1. The van der Waals surface area contributed by atoms with Crippen molar-refractivity contribution in [2.24, 2.45) is 4.99 Å². The van der Waals surface area contributed by atoms with E-state index < -0.39 is 0 Å². The van der Waals surface area contributed by atoms with Gasteiger partial charge in [0.15, 0.2) is 5.17 Å². The van der Waals surface area contributed by atoms with Crippen LogP contribution in [0, 0.1) is 13.8 Å². The van der Waals surface area contributed by atoms with Crippen LogP contribution in [0.2, 0.25) is 0 Å². The number of hydrogen-bond acceptors (Lipinski definition) is 6. The maximum absolute atomic E-state index is 12.8. The summed E-state index contributed by atoms with van der Waals surface area (Å²) in [7, 11) is 1.71. The van der Waals surface area contributed by atoms with E-state index in [1.165, 1.54) is 17.3 Å². The molecular weight excluding hydrogens is 436 g/mol. The number of amides is 1. The van der Waals surface area contributed by atoms with Gasteiger partial charge in [-0.15, -0.1) is 0 Å². The van der Waals surface area contributed by atoms with Crippen LogP contribution >= 0.6 is 11.8 Å². The summed E-state index contributed by atoms with van der Waals surface area (Å²) < 4.78 is 11.0. The van der Waals surface area contributed by atoms with E-state index in [0.29, 0.717) is 33.8 Å². The Balaban J connectivity index is 1.56.